The lowest BCUT2D eigenvalue weighted by Crippen LogP contribution is -2.17. The van der Waals surface area contributed by atoms with E-state index in [4.69, 9.17) is 4.74 Å². The largest absolute Gasteiger partial charge is 0.487 e. The van der Waals surface area contributed by atoms with Crippen LogP contribution >= 0.6 is 0 Å². The Morgan fingerprint density at radius 2 is 1.95 bits per heavy atom. The van der Waals surface area contributed by atoms with Crippen LogP contribution in [0.2, 0.25) is 0 Å². The molecule has 0 radical (unpaired) electrons. The summed E-state index contributed by atoms with van der Waals surface area (Å²) in [6.07, 6.45) is 2.57. The minimum Gasteiger partial charge on any atom is -0.487 e. The number of pyridine rings is 1. The standard InChI is InChI=1S/C18H22N2O/c1-13-5-3-4-6-15(13)12-21-18-10-7-14(2)20-17(18)11-19-16-8-9-16/h3-7,10,16,19H,8-9,11-12H2,1-2H3. The summed E-state index contributed by atoms with van der Waals surface area (Å²) in [6, 6.07) is 13.0. The van der Waals surface area contributed by atoms with Gasteiger partial charge < -0.3 is 10.1 Å². The number of aryl methyl sites for hydroxylation is 2. The molecular weight excluding hydrogens is 260 g/mol. The Balaban J connectivity index is 1.70. The number of nitrogens with one attached hydrogen (secondary N) is 1. The third-order valence-electron chi connectivity index (χ3n) is 3.85. The smallest absolute Gasteiger partial charge is 0.142 e. The van der Waals surface area contributed by atoms with Crippen molar-refractivity contribution < 1.29 is 4.74 Å². The number of nitrogens with zero attached hydrogens (tertiary/aromatic N) is 1. The van der Waals surface area contributed by atoms with Crippen molar-refractivity contribution in [3.63, 3.8) is 0 Å². The summed E-state index contributed by atoms with van der Waals surface area (Å²) in [5.74, 6) is 0.886. The Kier molecular flexibility index (Phi) is 4.20. The van der Waals surface area contributed by atoms with Gasteiger partial charge in [-0.3, -0.25) is 4.98 Å². The fraction of sp³-hybridized carbons (Fsp3) is 0.389. The number of rotatable bonds is 6. The van der Waals surface area contributed by atoms with Crippen molar-refractivity contribution in [2.75, 3.05) is 0 Å². The molecule has 3 heteroatoms. The molecule has 0 amide bonds. The normalized spacial score (nSPS) is 14.2. The predicted molar refractivity (Wildman–Crippen MR) is 84.3 cm³/mol. The second-order valence-electron chi connectivity index (χ2n) is 5.77. The summed E-state index contributed by atoms with van der Waals surface area (Å²) in [5, 5.41) is 3.51. The van der Waals surface area contributed by atoms with Crippen LogP contribution < -0.4 is 10.1 Å². The molecule has 1 saturated carbocycles. The highest BCUT2D eigenvalue weighted by atomic mass is 16.5. The van der Waals surface area contributed by atoms with Gasteiger partial charge in [-0.25, -0.2) is 0 Å². The van der Waals surface area contributed by atoms with Crippen LogP contribution in [-0.4, -0.2) is 11.0 Å². The minimum absolute atomic E-state index is 0.591. The minimum atomic E-state index is 0.591. The lowest BCUT2D eigenvalue weighted by Gasteiger charge is -2.13. The zero-order valence-electron chi connectivity index (χ0n) is 12.7. The van der Waals surface area contributed by atoms with Gasteiger partial charge in [-0.1, -0.05) is 24.3 Å². The second kappa shape index (κ2) is 6.27. The van der Waals surface area contributed by atoms with Crippen LogP contribution in [0.15, 0.2) is 36.4 Å². The molecule has 3 nitrogen and oxygen atoms in total. The van der Waals surface area contributed by atoms with Gasteiger partial charge in [0.15, 0.2) is 0 Å². The van der Waals surface area contributed by atoms with Gasteiger partial charge in [-0.15, -0.1) is 0 Å². The van der Waals surface area contributed by atoms with E-state index in [2.05, 4.69) is 41.5 Å². The molecule has 2 aromatic rings. The molecule has 21 heavy (non-hydrogen) atoms. The third-order valence-corrected chi connectivity index (χ3v) is 3.85. The fourth-order valence-electron chi connectivity index (χ4n) is 2.31. The van der Waals surface area contributed by atoms with Crippen molar-refractivity contribution in [1.29, 1.82) is 0 Å². The van der Waals surface area contributed by atoms with Crippen LogP contribution in [-0.2, 0) is 13.2 Å². The molecule has 0 aliphatic heterocycles. The Bertz CT molecular complexity index is 620. The molecule has 3 rings (SSSR count). The number of hydrogen-bond acceptors (Lipinski definition) is 3. The first kappa shape index (κ1) is 14.1. The lowest BCUT2D eigenvalue weighted by molar-refractivity contribution is 0.299. The maximum atomic E-state index is 6.01. The highest BCUT2D eigenvalue weighted by molar-refractivity contribution is 5.31. The van der Waals surface area contributed by atoms with Crippen LogP contribution in [0.3, 0.4) is 0 Å². The molecule has 0 bridgehead atoms. The van der Waals surface area contributed by atoms with Crippen LogP contribution in [0.1, 0.15) is 35.4 Å². The van der Waals surface area contributed by atoms with Crippen molar-refractivity contribution in [3.05, 3.63) is 58.9 Å². The molecule has 0 atom stereocenters. The molecule has 1 N–H and O–H groups in total. The number of hydrogen-bond donors (Lipinski definition) is 1. The van der Waals surface area contributed by atoms with E-state index in [0.29, 0.717) is 12.6 Å². The maximum Gasteiger partial charge on any atom is 0.142 e. The van der Waals surface area contributed by atoms with Gasteiger partial charge in [0.1, 0.15) is 12.4 Å². The topological polar surface area (TPSA) is 34.1 Å². The van der Waals surface area contributed by atoms with Crippen molar-refractivity contribution in [2.24, 2.45) is 0 Å². The number of aromatic nitrogens is 1. The molecular formula is C18H22N2O. The molecule has 0 unspecified atom stereocenters. The van der Waals surface area contributed by atoms with Gasteiger partial charge in [0.25, 0.3) is 0 Å². The second-order valence-corrected chi connectivity index (χ2v) is 5.77. The van der Waals surface area contributed by atoms with E-state index in [0.717, 1.165) is 23.7 Å². The summed E-state index contributed by atoms with van der Waals surface area (Å²) in [7, 11) is 0. The molecule has 0 saturated heterocycles. The van der Waals surface area contributed by atoms with E-state index in [1.54, 1.807) is 0 Å². The average molecular weight is 282 g/mol. The molecule has 1 heterocycles. The van der Waals surface area contributed by atoms with E-state index in [1.165, 1.54) is 24.0 Å². The van der Waals surface area contributed by atoms with Crippen LogP contribution in [0, 0.1) is 13.8 Å². The van der Waals surface area contributed by atoms with Crippen molar-refractivity contribution >= 4 is 0 Å². The zero-order chi connectivity index (χ0) is 14.7. The first-order chi connectivity index (χ1) is 10.2. The number of ether oxygens (including phenoxy) is 1. The lowest BCUT2D eigenvalue weighted by atomic mass is 10.1. The Morgan fingerprint density at radius 1 is 1.14 bits per heavy atom. The quantitative estimate of drug-likeness (QED) is 0.880. The highest BCUT2D eigenvalue weighted by Crippen LogP contribution is 2.23. The van der Waals surface area contributed by atoms with Gasteiger partial charge in [-0.05, 0) is 49.9 Å². The molecule has 1 aromatic heterocycles. The SMILES string of the molecule is Cc1ccc(OCc2ccccc2C)c(CNC2CC2)n1. The third kappa shape index (κ3) is 3.82. The first-order valence-corrected chi connectivity index (χ1v) is 7.59. The summed E-state index contributed by atoms with van der Waals surface area (Å²) >= 11 is 0. The summed E-state index contributed by atoms with van der Waals surface area (Å²) in [5.41, 5.74) is 4.52. The van der Waals surface area contributed by atoms with Gasteiger partial charge in [0, 0.05) is 18.3 Å². The Morgan fingerprint density at radius 3 is 2.71 bits per heavy atom. The maximum absolute atomic E-state index is 6.01. The van der Waals surface area contributed by atoms with Gasteiger partial charge >= 0.3 is 0 Å². The molecule has 110 valence electrons. The molecule has 1 fully saturated rings. The van der Waals surface area contributed by atoms with E-state index in [1.807, 2.05) is 19.1 Å². The van der Waals surface area contributed by atoms with E-state index in [9.17, 15) is 0 Å². The summed E-state index contributed by atoms with van der Waals surface area (Å²) in [4.78, 5) is 4.62. The van der Waals surface area contributed by atoms with Gasteiger partial charge in [-0.2, -0.15) is 0 Å². The summed E-state index contributed by atoms with van der Waals surface area (Å²) < 4.78 is 6.01. The van der Waals surface area contributed by atoms with Crippen molar-refractivity contribution in [1.82, 2.24) is 10.3 Å². The van der Waals surface area contributed by atoms with E-state index >= 15 is 0 Å². The monoisotopic (exact) mass is 282 g/mol. The predicted octanol–water partition coefficient (Wildman–Crippen LogP) is 3.53. The molecule has 1 aliphatic rings. The first-order valence-electron chi connectivity index (χ1n) is 7.59. The van der Waals surface area contributed by atoms with Crippen LogP contribution in [0.25, 0.3) is 0 Å². The van der Waals surface area contributed by atoms with Crippen LogP contribution in [0.5, 0.6) is 5.75 Å². The van der Waals surface area contributed by atoms with Crippen molar-refractivity contribution in [2.45, 2.75) is 45.9 Å². The molecule has 1 aliphatic carbocycles. The van der Waals surface area contributed by atoms with Crippen LogP contribution in [0.4, 0.5) is 0 Å². The van der Waals surface area contributed by atoms with E-state index < -0.39 is 0 Å². The van der Waals surface area contributed by atoms with Crippen molar-refractivity contribution in [3.8, 4) is 5.75 Å². The van der Waals surface area contributed by atoms with Gasteiger partial charge in [0.05, 0.1) is 5.69 Å². The highest BCUT2D eigenvalue weighted by Gasteiger charge is 2.21. The fourth-order valence-corrected chi connectivity index (χ4v) is 2.31. The van der Waals surface area contributed by atoms with E-state index in [-0.39, 0.29) is 0 Å². The number of benzene rings is 1. The Labute approximate surface area is 126 Å². The Hall–Kier alpha value is -1.87. The molecule has 1 aromatic carbocycles. The summed E-state index contributed by atoms with van der Waals surface area (Å²) in [6.45, 7) is 5.51. The molecule has 0 spiro atoms. The zero-order valence-corrected chi connectivity index (χ0v) is 12.7. The average Bonchev–Trinajstić information content (AvgIpc) is 3.30. The van der Waals surface area contributed by atoms with Gasteiger partial charge in [0.2, 0.25) is 0 Å².